The van der Waals surface area contributed by atoms with E-state index in [4.69, 9.17) is 4.74 Å². The molecule has 1 aliphatic heterocycles. The Morgan fingerprint density at radius 1 is 1.37 bits per heavy atom. The first-order valence-electron chi connectivity index (χ1n) is 5.08. The summed E-state index contributed by atoms with van der Waals surface area (Å²) in [5.74, 6) is 0. The molecule has 1 aliphatic rings. The van der Waals surface area contributed by atoms with Gasteiger partial charge in [0.1, 0.15) is 6.10 Å². The molecule has 1 unspecified atom stereocenters. The minimum absolute atomic E-state index is 0.0305. The molecule has 102 valence electrons. The number of alkyl halides is 3. The molecule has 0 bridgehead atoms. The molecule has 6 nitrogen and oxygen atoms in total. The molecule has 1 fully saturated rings. The number of ether oxygens (including phenoxy) is 1. The van der Waals surface area contributed by atoms with Crippen LogP contribution in [-0.4, -0.2) is 17.6 Å². The SMILES string of the molecule is O=C1NCC(c2cc([N+](=O)[O-])cc(C(F)(F)F)c2)O1. The van der Waals surface area contributed by atoms with E-state index >= 15 is 0 Å². The smallest absolute Gasteiger partial charge is 0.416 e. The maximum Gasteiger partial charge on any atom is 0.416 e. The Labute approximate surface area is 104 Å². The number of cyclic esters (lactones) is 1. The maximum atomic E-state index is 12.6. The number of hydrogen-bond donors (Lipinski definition) is 1. The van der Waals surface area contributed by atoms with Crippen molar-refractivity contribution in [3.63, 3.8) is 0 Å². The highest BCUT2D eigenvalue weighted by atomic mass is 19.4. The lowest BCUT2D eigenvalue weighted by molar-refractivity contribution is -0.385. The first kappa shape index (κ1) is 13.1. The largest absolute Gasteiger partial charge is 0.439 e. The number of benzene rings is 1. The van der Waals surface area contributed by atoms with Crippen LogP contribution in [0.2, 0.25) is 0 Å². The van der Waals surface area contributed by atoms with Crippen LogP contribution in [0.1, 0.15) is 17.2 Å². The summed E-state index contributed by atoms with van der Waals surface area (Å²) in [6.07, 6.45) is -6.45. The van der Waals surface area contributed by atoms with Gasteiger partial charge in [-0.1, -0.05) is 0 Å². The van der Waals surface area contributed by atoms with Gasteiger partial charge in [0, 0.05) is 17.7 Å². The summed E-state index contributed by atoms with van der Waals surface area (Å²) in [6, 6.07) is 2.13. The Balaban J connectivity index is 2.45. The van der Waals surface area contributed by atoms with E-state index in [1.807, 2.05) is 0 Å². The maximum absolute atomic E-state index is 12.6. The van der Waals surface area contributed by atoms with Crippen molar-refractivity contribution in [2.75, 3.05) is 6.54 Å². The molecule has 0 radical (unpaired) electrons. The molecule has 0 spiro atoms. The summed E-state index contributed by atoms with van der Waals surface area (Å²) in [4.78, 5) is 20.5. The van der Waals surface area contributed by atoms with Gasteiger partial charge >= 0.3 is 12.3 Å². The topological polar surface area (TPSA) is 81.5 Å². The van der Waals surface area contributed by atoms with E-state index in [2.05, 4.69) is 5.32 Å². The van der Waals surface area contributed by atoms with Gasteiger partial charge in [0.15, 0.2) is 0 Å². The molecule has 1 amide bonds. The molecule has 1 atom stereocenters. The summed E-state index contributed by atoms with van der Waals surface area (Å²) in [6.45, 7) is -0.0305. The van der Waals surface area contributed by atoms with E-state index in [9.17, 15) is 28.1 Å². The number of carbonyl (C=O) groups excluding carboxylic acids is 1. The van der Waals surface area contributed by atoms with E-state index in [-0.39, 0.29) is 12.1 Å². The molecule has 19 heavy (non-hydrogen) atoms. The highest BCUT2D eigenvalue weighted by Gasteiger charge is 2.35. The van der Waals surface area contributed by atoms with Gasteiger partial charge in [0.25, 0.3) is 5.69 Å². The third kappa shape index (κ3) is 2.75. The third-order valence-corrected chi connectivity index (χ3v) is 2.53. The molecule has 1 saturated heterocycles. The normalized spacial score (nSPS) is 18.9. The number of nitrogens with one attached hydrogen (secondary N) is 1. The second-order valence-electron chi connectivity index (χ2n) is 3.84. The molecule has 9 heteroatoms. The fraction of sp³-hybridized carbons (Fsp3) is 0.300. The van der Waals surface area contributed by atoms with Gasteiger partial charge in [0.05, 0.1) is 17.0 Å². The summed E-state index contributed by atoms with van der Waals surface area (Å²) in [5, 5.41) is 12.9. The summed E-state index contributed by atoms with van der Waals surface area (Å²) in [5.41, 5.74) is -1.92. The summed E-state index contributed by atoms with van der Waals surface area (Å²) in [7, 11) is 0. The zero-order valence-corrected chi connectivity index (χ0v) is 9.23. The van der Waals surface area contributed by atoms with Gasteiger partial charge in [-0.3, -0.25) is 10.1 Å². The van der Waals surface area contributed by atoms with E-state index in [1.165, 1.54) is 0 Å². The molecule has 2 rings (SSSR count). The lowest BCUT2D eigenvalue weighted by atomic mass is 10.0. The van der Waals surface area contributed by atoms with Gasteiger partial charge in [-0.15, -0.1) is 0 Å². The van der Waals surface area contributed by atoms with Gasteiger partial charge in [-0.2, -0.15) is 13.2 Å². The molecule has 0 aromatic heterocycles. The van der Waals surface area contributed by atoms with Crippen LogP contribution in [0.25, 0.3) is 0 Å². The number of nitro benzene ring substituents is 1. The number of hydrogen-bond acceptors (Lipinski definition) is 4. The fourth-order valence-corrected chi connectivity index (χ4v) is 1.66. The number of amides is 1. The van der Waals surface area contributed by atoms with E-state index < -0.39 is 34.5 Å². The molecular weight excluding hydrogens is 269 g/mol. The zero-order valence-electron chi connectivity index (χ0n) is 9.23. The van der Waals surface area contributed by atoms with Crippen LogP contribution in [0, 0.1) is 10.1 Å². The second kappa shape index (κ2) is 4.41. The summed E-state index contributed by atoms with van der Waals surface area (Å²) >= 11 is 0. The van der Waals surface area contributed by atoms with Crippen molar-refractivity contribution in [1.82, 2.24) is 5.32 Å². The molecule has 1 aromatic rings. The third-order valence-electron chi connectivity index (χ3n) is 2.53. The average molecular weight is 276 g/mol. The quantitative estimate of drug-likeness (QED) is 0.664. The van der Waals surface area contributed by atoms with Crippen LogP contribution in [0.3, 0.4) is 0 Å². The van der Waals surface area contributed by atoms with Crippen molar-refractivity contribution >= 4 is 11.8 Å². The zero-order chi connectivity index (χ0) is 14.2. The van der Waals surface area contributed by atoms with E-state index in [0.717, 1.165) is 12.1 Å². The number of carbonyl (C=O) groups is 1. The Morgan fingerprint density at radius 2 is 2.05 bits per heavy atom. The number of nitrogens with zero attached hydrogens (tertiary/aromatic N) is 1. The Hall–Kier alpha value is -2.32. The Bertz CT molecular complexity index is 544. The van der Waals surface area contributed by atoms with Gasteiger partial charge in [0.2, 0.25) is 0 Å². The van der Waals surface area contributed by atoms with Crippen LogP contribution in [0.15, 0.2) is 18.2 Å². The predicted octanol–water partition coefficient (Wildman–Crippen LogP) is 2.39. The van der Waals surface area contributed by atoms with Crippen molar-refractivity contribution < 1.29 is 27.6 Å². The number of nitro groups is 1. The number of rotatable bonds is 2. The predicted molar refractivity (Wildman–Crippen MR) is 55.3 cm³/mol. The molecule has 1 N–H and O–H groups in total. The van der Waals surface area contributed by atoms with E-state index in [1.54, 1.807) is 0 Å². The highest BCUT2D eigenvalue weighted by Crippen LogP contribution is 2.35. The first-order chi connectivity index (χ1) is 8.77. The minimum Gasteiger partial charge on any atom is -0.439 e. The van der Waals surface area contributed by atoms with Crippen molar-refractivity contribution in [3.8, 4) is 0 Å². The van der Waals surface area contributed by atoms with Crippen molar-refractivity contribution in [2.45, 2.75) is 12.3 Å². The van der Waals surface area contributed by atoms with Crippen LogP contribution in [0.5, 0.6) is 0 Å². The van der Waals surface area contributed by atoms with Crippen molar-refractivity contribution in [3.05, 3.63) is 39.4 Å². The van der Waals surface area contributed by atoms with Crippen molar-refractivity contribution in [2.24, 2.45) is 0 Å². The van der Waals surface area contributed by atoms with E-state index in [0.29, 0.717) is 6.07 Å². The lowest BCUT2D eigenvalue weighted by Gasteiger charge is -2.12. The molecule has 0 saturated carbocycles. The molecule has 1 aromatic carbocycles. The number of non-ortho nitro benzene ring substituents is 1. The lowest BCUT2D eigenvalue weighted by Crippen LogP contribution is -2.13. The van der Waals surface area contributed by atoms with Gasteiger partial charge in [-0.05, 0) is 6.07 Å². The minimum atomic E-state index is -4.71. The molecular formula is C10H7F3N2O4. The highest BCUT2D eigenvalue weighted by molar-refractivity contribution is 5.69. The van der Waals surface area contributed by atoms with Gasteiger partial charge < -0.3 is 10.1 Å². The van der Waals surface area contributed by atoms with Crippen LogP contribution >= 0.6 is 0 Å². The second-order valence-corrected chi connectivity index (χ2v) is 3.84. The molecule has 1 heterocycles. The molecule has 0 aliphatic carbocycles. The Kier molecular flexibility index (Phi) is 3.05. The van der Waals surface area contributed by atoms with Crippen LogP contribution < -0.4 is 5.32 Å². The van der Waals surface area contributed by atoms with Crippen LogP contribution in [0.4, 0.5) is 23.7 Å². The number of halogens is 3. The summed E-state index contributed by atoms with van der Waals surface area (Å²) < 4.78 is 42.6. The van der Waals surface area contributed by atoms with Crippen molar-refractivity contribution in [1.29, 1.82) is 0 Å². The van der Waals surface area contributed by atoms with Crippen LogP contribution in [-0.2, 0) is 10.9 Å². The monoisotopic (exact) mass is 276 g/mol. The standard InChI is InChI=1S/C10H7F3N2O4/c11-10(12,13)6-1-5(2-7(3-6)15(17)18)8-4-14-9(16)19-8/h1-3,8H,4H2,(H,14,16). The number of alkyl carbamates (subject to hydrolysis) is 1. The average Bonchev–Trinajstić information content (AvgIpc) is 2.74. The van der Waals surface area contributed by atoms with Gasteiger partial charge in [-0.25, -0.2) is 4.79 Å². The first-order valence-corrected chi connectivity index (χ1v) is 5.08. The Morgan fingerprint density at radius 3 is 2.53 bits per heavy atom. The fourth-order valence-electron chi connectivity index (χ4n) is 1.66.